The number of imidazole rings is 1. The second-order valence-corrected chi connectivity index (χ2v) is 14.3. The Hall–Kier alpha value is -5.52. The predicted octanol–water partition coefficient (Wildman–Crippen LogP) is 8.63. The molecule has 0 bridgehead atoms. The van der Waals surface area contributed by atoms with Crippen LogP contribution in [0.5, 0.6) is 0 Å². The molecular formula is C41H35F3N6OS. The van der Waals surface area contributed by atoms with Gasteiger partial charge in [-0.15, -0.1) is 11.3 Å². The summed E-state index contributed by atoms with van der Waals surface area (Å²) in [5.41, 5.74) is 7.32. The molecule has 0 unspecified atom stereocenters. The fourth-order valence-corrected chi connectivity index (χ4v) is 8.63. The number of primary amides is 1. The van der Waals surface area contributed by atoms with Crippen LogP contribution in [0.1, 0.15) is 46.5 Å². The molecule has 1 aliphatic heterocycles. The number of pyridine rings is 1. The monoisotopic (exact) mass is 716 g/mol. The van der Waals surface area contributed by atoms with Crippen LogP contribution < -0.4 is 5.73 Å². The van der Waals surface area contributed by atoms with Gasteiger partial charge in [-0.3, -0.25) is 18.8 Å². The van der Waals surface area contributed by atoms with E-state index in [1.165, 1.54) is 10.9 Å². The number of hydrogen-bond donors (Lipinski definition) is 1. The van der Waals surface area contributed by atoms with Crippen LogP contribution in [0.2, 0.25) is 0 Å². The van der Waals surface area contributed by atoms with Gasteiger partial charge >= 0.3 is 6.18 Å². The first kappa shape index (κ1) is 33.6. The molecule has 1 saturated heterocycles. The molecule has 2 N–H and O–H groups in total. The van der Waals surface area contributed by atoms with Crippen molar-refractivity contribution in [2.45, 2.75) is 43.6 Å². The van der Waals surface area contributed by atoms with Crippen LogP contribution in [0.25, 0.3) is 27.3 Å². The molecule has 1 aliphatic rings. The van der Waals surface area contributed by atoms with Gasteiger partial charge in [-0.05, 0) is 60.3 Å². The van der Waals surface area contributed by atoms with E-state index in [9.17, 15) is 4.79 Å². The third-order valence-electron chi connectivity index (χ3n) is 9.93. The van der Waals surface area contributed by atoms with E-state index in [-0.39, 0.29) is 17.5 Å². The van der Waals surface area contributed by atoms with E-state index in [4.69, 9.17) is 5.73 Å². The third-order valence-corrected chi connectivity index (χ3v) is 11.0. The molecule has 52 heavy (non-hydrogen) atoms. The first-order valence-corrected chi connectivity index (χ1v) is 18.0. The van der Waals surface area contributed by atoms with Crippen molar-refractivity contribution in [1.29, 1.82) is 0 Å². The van der Waals surface area contributed by atoms with E-state index < -0.39 is 17.4 Å². The van der Waals surface area contributed by atoms with E-state index in [0.29, 0.717) is 24.2 Å². The molecule has 1 fully saturated rings. The van der Waals surface area contributed by atoms with Gasteiger partial charge in [0.25, 0.3) is 0 Å². The Bertz CT molecular complexity index is 2240. The number of alkyl halides is 3. The zero-order valence-corrected chi connectivity index (χ0v) is 28.9. The van der Waals surface area contributed by atoms with Gasteiger partial charge in [-0.2, -0.15) is 18.3 Å². The average molecular weight is 717 g/mol. The van der Waals surface area contributed by atoms with Crippen LogP contribution in [-0.4, -0.2) is 42.6 Å². The van der Waals surface area contributed by atoms with Crippen molar-refractivity contribution in [3.63, 3.8) is 0 Å². The quantitative estimate of drug-likeness (QED) is 0.144. The minimum atomic E-state index is -4.74. The van der Waals surface area contributed by atoms with Crippen molar-refractivity contribution >= 4 is 22.9 Å². The minimum Gasteiger partial charge on any atom is -0.370 e. The lowest BCUT2D eigenvalue weighted by molar-refractivity contribution is -0.141. The number of aromatic nitrogens is 4. The summed E-state index contributed by atoms with van der Waals surface area (Å²) < 4.78 is 48.6. The molecule has 7 aromatic rings. The largest absolute Gasteiger partial charge is 0.435 e. The van der Waals surface area contributed by atoms with E-state index in [1.54, 1.807) is 35.9 Å². The Labute approximate surface area is 302 Å². The molecule has 262 valence electrons. The fourth-order valence-electron chi connectivity index (χ4n) is 7.59. The number of hydrogen-bond acceptors (Lipinski definition) is 5. The predicted molar refractivity (Wildman–Crippen MR) is 197 cm³/mol. The molecular weight excluding hydrogens is 682 g/mol. The first-order valence-electron chi connectivity index (χ1n) is 17.1. The number of nitrogens with two attached hydrogens (primary N) is 1. The number of rotatable bonds is 10. The van der Waals surface area contributed by atoms with Crippen LogP contribution in [0, 0.1) is 0 Å². The summed E-state index contributed by atoms with van der Waals surface area (Å²) in [5, 5.41) is 4.42. The Balaban J connectivity index is 1.25. The molecule has 1 atom stereocenters. The number of amides is 1. The average Bonchev–Trinajstić information content (AvgIpc) is 3.97. The number of carbonyl (C=O) groups is 1. The normalized spacial score (nSPS) is 15.4. The summed E-state index contributed by atoms with van der Waals surface area (Å²) in [6.45, 7) is 1.60. The van der Waals surface area contributed by atoms with Crippen molar-refractivity contribution in [2.75, 3.05) is 6.54 Å². The van der Waals surface area contributed by atoms with Crippen molar-refractivity contribution < 1.29 is 18.0 Å². The van der Waals surface area contributed by atoms with Gasteiger partial charge in [0, 0.05) is 47.4 Å². The van der Waals surface area contributed by atoms with Gasteiger partial charge in [-0.25, -0.2) is 4.98 Å². The topological polar surface area (TPSA) is 81.5 Å². The number of benzene rings is 3. The highest BCUT2D eigenvalue weighted by atomic mass is 32.1. The van der Waals surface area contributed by atoms with Gasteiger partial charge in [0.1, 0.15) is 11.2 Å². The highest BCUT2D eigenvalue weighted by Crippen LogP contribution is 2.44. The molecule has 0 aliphatic carbocycles. The Kier molecular flexibility index (Phi) is 8.76. The zero-order chi connectivity index (χ0) is 35.9. The van der Waals surface area contributed by atoms with Crippen LogP contribution in [-0.2, 0) is 23.1 Å². The fraction of sp³-hybridized carbons (Fsp3) is 0.195. The molecule has 5 heterocycles. The molecule has 3 aromatic carbocycles. The number of halogens is 3. The summed E-state index contributed by atoms with van der Waals surface area (Å²) in [6.07, 6.45) is 2.55. The second-order valence-electron chi connectivity index (χ2n) is 13.1. The van der Waals surface area contributed by atoms with Crippen LogP contribution in [0.4, 0.5) is 13.2 Å². The van der Waals surface area contributed by atoms with Gasteiger partial charge in [0.15, 0.2) is 5.69 Å². The van der Waals surface area contributed by atoms with Crippen LogP contribution >= 0.6 is 11.3 Å². The number of fused-ring (bicyclic) bond motifs is 1. The van der Waals surface area contributed by atoms with Gasteiger partial charge < -0.3 is 5.73 Å². The standard InChI is InChI=1S/C41H35F3N6OS/c42-41(43,44)39-34(27-50(47-39)40(29-11-4-1-5-12-29,30-13-6-2-7-14-30)31-15-8-3-9-16-31)28-18-21-38-46-24-35(49(38)25-28)36-20-19-33(52-36)26-48-22-10-17-32(48)23-37(45)51/h1-9,11-16,18-21,24-25,27,32H,10,17,22-23,26H2,(H2,45,51)/t32-/m0/s1. The lowest BCUT2D eigenvalue weighted by Crippen LogP contribution is -2.38. The lowest BCUT2D eigenvalue weighted by Gasteiger charge is -2.36. The lowest BCUT2D eigenvalue weighted by atomic mass is 9.77. The van der Waals surface area contributed by atoms with Crippen molar-refractivity contribution in [2.24, 2.45) is 5.73 Å². The molecule has 1 amide bonds. The number of nitrogens with zero attached hydrogens (tertiary/aromatic N) is 5. The van der Waals surface area contributed by atoms with Gasteiger partial charge in [0.05, 0.1) is 16.8 Å². The maximum atomic E-state index is 15.1. The first-order chi connectivity index (χ1) is 25.2. The highest BCUT2D eigenvalue weighted by molar-refractivity contribution is 7.15. The van der Waals surface area contributed by atoms with Crippen LogP contribution in [0.3, 0.4) is 0 Å². The summed E-state index contributed by atoms with van der Waals surface area (Å²) in [5.74, 6) is -0.296. The van der Waals surface area contributed by atoms with Crippen LogP contribution in [0.15, 0.2) is 134 Å². The van der Waals surface area contributed by atoms with E-state index >= 15 is 13.2 Å². The third kappa shape index (κ3) is 6.09. The molecule has 0 radical (unpaired) electrons. The molecule has 11 heteroatoms. The van der Waals surface area contributed by atoms with E-state index in [0.717, 1.165) is 51.5 Å². The summed E-state index contributed by atoms with van der Waals surface area (Å²) in [6, 6.07) is 36.2. The minimum absolute atomic E-state index is 0.0392. The summed E-state index contributed by atoms with van der Waals surface area (Å²) >= 11 is 1.61. The Morgan fingerprint density at radius 2 is 1.46 bits per heavy atom. The maximum Gasteiger partial charge on any atom is 0.435 e. The van der Waals surface area contributed by atoms with Crippen molar-refractivity contribution in [1.82, 2.24) is 24.1 Å². The number of likely N-dealkylation sites (tertiary alicyclic amines) is 1. The summed E-state index contributed by atoms with van der Waals surface area (Å²) in [7, 11) is 0. The smallest absolute Gasteiger partial charge is 0.370 e. The highest BCUT2D eigenvalue weighted by Gasteiger charge is 2.44. The second kappa shape index (κ2) is 13.6. The molecule has 0 saturated carbocycles. The molecule has 7 nitrogen and oxygen atoms in total. The van der Waals surface area contributed by atoms with Gasteiger partial charge in [0.2, 0.25) is 5.91 Å². The van der Waals surface area contributed by atoms with Crippen molar-refractivity contribution in [3.8, 4) is 21.7 Å². The van der Waals surface area contributed by atoms with Gasteiger partial charge in [-0.1, -0.05) is 91.0 Å². The van der Waals surface area contributed by atoms with E-state index in [1.807, 2.05) is 101 Å². The SMILES string of the molecule is NC(=O)C[C@@H]1CCCN1Cc1ccc(-c2cnc3ccc(-c4cn(C(c5ccccc5)(c5ccccc5)c5ccccc5)nc4C(F)(F)F)cn23)s1. The summed E-state index contributed by atoms with van der Waals surface area (Å²) in [4.78, 5) is 20.6. The molecule has 8 rings (SSSR count). The zero-order valence-electron chi connectivity index (χ0n) is 28.1. The number of thiophene rings is 1. The molecule has 0 spiro atoms. The molecule has 4 aromatic heterocycles. The Morgan fingerprint density at radius 3 is 2.06 bits per heavy atom. The Morgan fingerprint density at radius 1 is 0.827 bits per heavy atom. The number of carbonyl (C=O) groups excluding carboxylic acids is 1. The van der Waals surface area contributed by atoms with E-state index in [2.05, 4.69) is 21.0 Å². The maximum absolute atomic E-state index is 15.1. The van der Waals surface area contributed by atoms with Crippen molar-refractivity contribution in [3.05, 3.63) is 161 Å².